The lowest BCUT2D eigenvalue weighted by Crippen LogP contribution is -2.57. The Bertz CT molecular complexity index is 488. The SMILES string of the molecule is O=C(O)CCC1NC2=CC=CC3=CC=CC(N1)C32. The predicted molar refractivity (Wildman–Crippen MR) is 68.7 cm³/mol. The van der Waals surface area contributed by atoms with Crippen LogP contribution >= 0.6 is 0 Å². The number of aliphatic carboxylic acids is 1. The third kappa shape index (κ3) is 1.99. The van der Waals surface area contributed by atoms with Crippen LogP contribution in [0.3, 0.4) is 0 Å². The molecule has 0 aromatic rings. The summed E-state index contributed by atoms with van der Waals surface area (Å²) in [5.74, 6) is -0.404. The van der Waals surface area contributed by atoms with Crippen molar-refractivity contribution in [1.82, 2.24) is 10.6 Å². The van der Waals surface area contributed by atoms with Gasteiger partial charge in [0.1, 0.15) is 0 Å². The summed E-state index contributed by atoms with van der Waals surface area (Å²) in [6, 6.07) is 0.265. The molecule has 0 aromatic heterocycles. The first-order valence-corrected chi connectivity index (χ1v) is 6.25. The Morgan fingerprint density at radius 3 is 3.06 bits per heavy atom. The first-order chi connectivity index (χ1) is 8.74. The van der Waals surface area contributed by atoms with Gasteiger partial charge in [-0.2, -0.15) is 0 Å². The molecule has 3 N–H and O–H groups in total. The molecule has 3 atom stereocenters. The van der Waals surface area contributed by atoms with Crippen molar-refractivity contribution in [3.8, 4) is 0 Å². The maximum Gasteiger partial charge on any atom is 0.303 e. The van der Waals surface area contributed by atoms with Crippen LogP contribution in [0.5, 0.6) is 0 Å². The van der Waals surface area contributed by atoms with Gasteiger partial charge >= 0.3 is 5.97 Å². The molecule has 4 heteroatoms. The van der Waals surface area contributed by atoms with Crippen LogP contribution in [0, 0.1) is 5.92 Å². The molecule has 94 valence electrons. The molecule has 0 aromatic carbocycles. The molecule has 0 radical (unpaired) electrons. The van der Waals surface area contributed by atoms with Gasteiger partial charge in [-0.1, -0.05) is 30.4 Å². The van der Waals surface area contributed by atoms with E-state index in [1.54, 1.807) is 0 Å². The fourth-order valence-electron chi connectivity index (χ4n) is 2.80. The van der Waals surface area contributed by atoms with Gasteiger partial charge in [-0.15, -0.1) is 0 Å². The van der Waals surface area contributed by atoms with Crippen molar-refractivity contribution in [2.75, 3.05) is 0 Å². The minimum Gasteiger partial charge on any atom is -0.481 e. The lowest BCUT2D eigenvalue weighted by atomic mass is 9.80. The van der Waals surface area contributed by atoms with Crippen LogP contribution in [0.2, 0.25) is 0 Å². The maximum atomic E-state index is 10.6. The molecule has 3 aliphatic rings. The molecule has 1 heterocycles. The Kier molecular flexibility index (Phi) is 2.80. The van der Waals surface area contributed by atoms with Gasteiger partial charge in [0.05, 0.1) is 6.17 Å². The molecule has 18 heavy (non-hydrogen) atoms. The van der Waals surface area contributed by atoms with Crippen molar-refractivity contribution in [3.63, 3.8) is 0 Å². The van der Waals surface area contributed by atoms with Crippen molar-refractivity contribution in [3.05, 3.63) is 47.7 Å². The molecular formula is C14H16N2O2. The van der Waals surface area contributed by atoms with Gasteiger partial charge in [0.25, 0.3) is 0 Å². The summed E-state index contributed by atoms with van der Waals surface area (Å²) >= 11 is 0. The number of carboxylic acids is 1. The lowest BCUT2D eigenvalue weighted by Gasteiger charge is -2.42. The third-order valence-corrected chi connectivity index (χ3v) is 3.61. The highest BCUT2D eigenvalue weighted by atomic mass is 16.4. The average molecular weight is 244 g/mol. The molecule has 0 saturated carbocycles. The average Bonchev–Trinajstić information content (AvgIpc) is 2.37. The first-order valence-electron chi connectivity index (χ1n) is 6.25. The fraction of sp³-hybridized carbons (Fsp3) is 0.357. The molecule has 3 unspecified atom stereocenters. The molecule has 4 nitrogen and oxygen atoms in total. The summed E-state index contributed by atoms with van der Waals surface area (Å²) in [5, 5.41) is 15.6. The summed E-state index contributed by atoms with van der Waals surface area (Å²) in [6.07, 6.45) is 13.4. The Morgan fingerprint density at radius 2 is 2.22 bits per heavy atom. The molecule has 1 saturated heterocycles. The highest BCUT2D eigenvalue weighted by Crippen LogP contribution is 2.33. The molecule has 1 fully saturated rings. The quantitative estimate of drug-likeness (QED) is 0.700. The van der Waals surface area contributed by atoms with E-state index in [-0.39, 0.29) is 18.6 Å². The predicted octanol–water partition coefficient (Wildman–Crippen LogP) is 1.30. The number of allylic oxidation sites excluding steroid dienone is 5. The van der Waals surface area contributed by atoms with Crippen molar-refractivity contribution < 1.29 is 9.90 Å². The van der Waals surface area contributed by atoms with E-state index < -0.39 is 5.97 Å². The van der Waals surface area contributed by atoms with Crippen molar-refractivity contribution in [2.45, 2.75) is 25.0 Å². The molecule has 2 aliphatic carbocycles. The highest BCUT2D eigenvalue weighted by molar-refractivity contribution is 5.66. The van der Waals surface area contributed by atoms with Crippen LogP contribution in [0.4, 0.5) is 0 Å². The van der Waals surface area contributed by atoms with Gasteiger partial charge < -0.3 is 10.4 Å². The number of carbonyl (C=O) groups is 1. The molecule has 1 aliphatic heterocycles. The van der Waals surface area contributed by atoms with E-state index in [1.807, 2.05) is 6.08 Å². The van der Waals surface area contributed by atoms with E-state index in [9.17, 15) is 4.79 Å². The van der Waals surface area contributed by atoms with Crippen molar-refractivity contribution in [2.24, 2.45) is 5.92 Å². The first kappa shape index (κ1) is 11.3. The summed E-state index contributed by atoms with van der Waals surface area (Å²) in [7, 11) is 0. The zero-order valence-corrected chi connectivity index (χ0v) is 9.97. The second kappa shape index (κ2) is 4.46. The van der Waals surface area contributed by atoms with Gasteiger partial charge in [-0.05, 0) is 18.1 Å². The van der Waals surface area contributed by atoms with Gasteiger partial charge in [0.15, 0.2) is 0 Å². The van der Waals surface area contributed by atoms with Gasteiger partial charge in [-0.3, -0.25) is 10.1 Å². The Hall–Kier alpha value is -1.81. The van der Waals surface area contributed by atoms with E-state index >= 15 is 0 Å². The summed E-state index contributed by atoms with van der Waals surface area (Å²) in [6.45, 7) is 0. The zero-order chi connectivity index (χ0) is 12.5. The minimum atomic E-state index is -0.752. The van der Waals surface area contributed by atoms with Crippen molar-refractivity contribution in [1.29, 1.82) is 0 Å². The van der Waals surface area contributed by atoms with Crippen LogP contribution in [0.25, 0.3) is 0 Å². The lowest BCUT2D eigenvalue weighted by molar-refractivity contribution is -0.137. The summed E-state index contributed by atoms with van der Waals surface area (Å²) in [5.41, 5.74) is 2.49. The van der Waals surface area contributed by atoms with Gasteiger partial charge in [-0.25, -0.2) is 0 Å². The van der Waals surface area contributed by atoms with Crippen LogP contribution in [0.1, 0.15) is 12.8 Å². The molecular weight excluding hydrogens is 228 g/mol. The summed E-state index contributed by atoms with van der Waals surface area (Å²) in [4.78, 5) is 10.6. The van der Waals surface area contributed by atoms with E-state index in [0.29, 0.717) is 12.3 Å². The normalized spacial score (nSPS) is 32.1. The zero-order valence-electron chi connectivity index (χ0n) is 9.97. The number of hydrogen-bond donors (Lipinski definition) is 3. The van der Waals surface area contributed by atoms with Crippen LogP contribution < -0.4 is 10.6 Å². The minimum absolute atomic E-state index is 0.0316. The van der Waals surface area contributed by atoms with Gasteiger partial charge in [0.2, 0.25) is 0 Å². The number of rotatable bonds is 3. The molecule has 3 rings (SSSR count). The third-order valence-electron chi connectivity index (χ3n) is 3.61. The topological polar surface area (TPSA) is 61.4 Å². The van der Waals surface area contributed by atoms with Gasteiger partial charge in [0, 0.05) is 24.1 Å². The molecule has 0 spiro atoms. The largest absolute Gasteiger partial charge is 0.481 e. The van der Waals surface area contributed by atoms with Crippen LogP contribution in [-0.4, -0.2) is 23.3 Å². The fourth-order valence-corrected chi connectivity index (χ4v) is 2.80. The number of hydrogen-bond acceptors (Lipinski definition) is 3. The standard InChI is InChI=1S/C14H16N2O2/c17-13(18)8-7-12-15-10-5-1-3-9-4-2-6-11(16-12)14(9)10/h1-6,10,12,14-16H,7-8H2,(H,17,18). The van der Waals surface area contributed by atoms with Crippen molar-refractivity contribution >= 4 is 5.97 Å². The second-order valence-corrected chi connectivity index (χ2v) is 4.83. The Labute approximate surface area is 106 Å². The second-order valence-electron chi connectivity index (χ2n) is 4.83. The number of carboxylic acid groups (broad SMARTS) is 1. The monoisotopic (exact) mass is 244 g/mol. The Morgan fingerprint density at radius 1 is 1.33 bits per heavy atom. The van der Waals surface area contributed by atoms with E-state index in [4.69, 9.17) is 5.11 Å². The maximum absolute atomic E-state index is 10.6. The molecule has 0 amide bonds. The Balaban J connectivity index is 1.77. The highest BCUT2D eigenvalue weighted by Gasteiger charge is 2.35. The number of nitrogens with one attached hydrogen (secondary N) is 2. The molecule has 0 bridgehead atoms. The van der Waals surface area contributed by atoms with Crippen LogP contribution in [0.15, 0.2) is 47.7 Å². The smallest absolute Gasteiger partial charge is 0.303 e. The van der Waals surface area contributed by atoms with E-state index in [1.165, 1.54) is 11.3 Å². The van der Waals surface area contributed by atoms with Crippen LogP contribution in [-0.2, 0) is 4.79 Å². The van der Waals surface area contributed by atoms with E-state index in [0.717, 1.165) is 0 Å². The van der Waals surface area contributed by atoms with E-state index in [2.05, 4.69) is 41.0 Å². The summed E-state index contributed by atoms with van der Waals surface area (Å²) < 4.78 is 0.